The monoisotopic (exact) mass is 442 g/mol. The third-order valence-electron chi connectivity index (χ3n) is 6.05. The van der Waals surface area contributed by atoms with E-state index in [0.29, 0.717) is 29.5 Å². The molecule has 2 aromatic heterocycles. The summed E-state index contributed by atoms with van der Waals surface area (Å²) in [5, 5.41) is 6.36. The number of anilines is 1. The number of fused-ring (bicyclic) bond motifs is 1. The van der Waals surface area contributed by atoms with Gasteiger partial charge >= 0.3 is 0 Å². The van der Waals surface area contributed by atoms with E-state index in [1.807, 2.05) is 53.1 Å². The van der Waals surface area contributed by atoms with Crippen LogP contribution >= 0.6 is 0 Å². The van der Waals surface area contributed by atoms with Crippen molar-refractivity contribution < 1.29 is 9.53 Å². The molecule has 1 saturated heterocycles. The lowest BCUT2D eigenvalue weighted by molar-refractivity contribution is 0.0951. The molecule has 8 nitrogen and oxygen atoms in total. The summed E-state index contributed by atoms with van der Waals surface area (Å²) < 4.78 is 7.15. The number of aromatic nitrogens is 3. The standard InChI is InChI=1S/C25H26N6O2/c1-33-20-7-5-16(6-8-20)12-29-25(32)18-4-2-3-17(11-18)22-14-28-23(26)24-30-21(15-31(22)24)19-9-10-27-13-19/h2-8,11,14-15,19,27H,9-10,12-13H2,1H3,(H2,26,28)(H,29,32). The van der Waals surface area contributed by atoms with Crippen LogP contribution in [-0.2, 0) is 6.54 Å². The van der Waals surface area contributed by atoms with Crippen molar-refractivity contribution in [1.29, 1.82) is 0 Å². The topological polar surface area (TPSA) is 107 Å². The zero-order chi connectivity index (χ0) is 22.8. The fourth-order valence-electron chi connectivity index (χ4n) is 4.18. The number of rotatable bonds is 6. The molecule has 0 saturated carbocycles. The summed E-state index contributed by atoms with van der Waals surface area (Å²) in [7, 11) is 1.63. The van der Waals surface area contributed by atoms with Gasteiger partial charge in [-0.25, -0.2) is 9.97 Å². The van der Waals surface area contributed by atoms with Crippen LogP contribution in [0.5, 0.6) is 5.75 Å². The lowest BCUT2D eigenvalue weighted by Gasteiger charge is -2.10. The molecular formula is C25H26N6O2. The van der Waals surface area contributed by atoms with E-state index in [0.717, 1.165) is 47.8 Å². The van der Waals surface area contributed by atoms with Crippen molar-refractivity contribution in [2.24, 2.45) is 0 Å². The van der Waals surface area contributed by atoms with Gasteiger partial charge in [-0.2, -0.15) is 0 Å². The number of carbonyl (C=O) groups is 1. The molecule has 168 valence electrons. The summed E-state index contributed by atoms with van der Waals surface area (Å²) in [6.07, 6.45) is 4.82. The number of carbonyl (C=O) groups excluding carboxylic acids is 1. The molecule has 4 aromatic rings. The smallest absolute Gasteiger partial charge is 0.251 e. The number of ether oxygens (including phenoxy) is 1. The molecule has 1 atom stereocenters. The molecule has 33 heavy (non-hydrogen) atoms. The first kappa shape index (κ1) is 21.0. The molecule has 4 N–H and O–H groups in total. The number of methoxy groups -OCH3 is 1. The average molecular weight is 443 g/mol. The number of hydrogen-bond donors (Lipinski definition) is 3. The molecule has 1 aliphatic rings. The number of nitrogen functional groups attached to an aromatic ring is 1. The zero-order valence-corrected chi connectivity index (χ0v) is 18.4. The Morgan fingerprint density at radius 2 is 2.12 bits per heavy atom. The van der Waals surface area contributed by atoms with Gasteiger partial charge in [0.2, 0.25) is 0 Å². The third-order valence-corrected chi connectivity index (χ3v) is 6.05. The maximum absolute atomic E-state index is 12.8. The summed E-state index contributed by atoms with van der Waals surface area (Å²) in [6, 6.07) is 15.1. The van der Waals surface area contributed by atoms with Crippen molar-refractivity contribution >= 4 is 17.4 Å². The molecule has 1 unspecified atom stereocenters. The summed E-state index contributed by atoms with van der Waals surface area (Å²) in [5.74, 6) is 1.40. The van der Waals surface area contributed by atoms with Crippen LogP contribution in [0, 0.1) is 0 Å². The van der Waals surface area contributed by atoms with Crippen LogP contribution in [-0.4, -0.2) is 40.5 Å². The summed E-state index contributed by atoms with van der Waals surface area (Å²) in [4.78, 5) is 21.9. The lowest BCUT2D eigenvalue weighted by Crippen LogP contribution is -2.22. The molecular weight excluding hydrogens is 416 g/mol. The van der Waals surface area contributed by atoms with Crippen molar-refractivity contribution in [3.63, 3.8) is 0 Å². The number of imidazole rings is 1. The summed E-state index contributed by atoms with van der Waals surface area (Å²) in [5.41, 5.74) is 11.1. The molecule has 1 fully saturated rings. The molecule has 2 aromatic carbocycles. The second-order valence-electron chi connectivity index (χ2n) is 8.19. The van der Waals surface area contributed by atoms with E-state index < -0.39 is 0 Å². The molecule has 1 amide bonds. The molecule has 1 aliphatic heterocycles. The highest BCUT2D eigenvalue weighted by molar-refractivity contribution is 5.95. The average Bonchev–Trinajstić information content (AvgIpc) is 3.54. The normalized spacial score (nSPS) is 15.6. The minimum absolute atomic E-state index is 0.143. The van der Waals surface area contributed by atoms with Gasteiger partial charge in [-0.1, -0.05) is 24.3 Å². The van der Waals surface area contributed by atoms with E-state index >= 15 is 0 Å². The van der Waals surface area contributed by atoms with Gasteiger partial charge in [0.15, 0.2) is 11.5 Å². The second-order valence-corrected chi connectivity index (χ2v) is 8.19. The van der Waals surface area contributed by atoms with Gasteiger partial charge in [0.25, 0.3) is 5.91 Å². The van der Waals surface area contributed by atoms with Crippen molar-refractivity contribution in [3.05, 3.63) is 77.7 Å². The van der Waals surface area contributed by atoms with Gasteiger partial charge in [0, 0.05) is 36.3 Å². The van der Waals surface area contributed by atoms with E-state index in [2.05, 4.69) is 15.6 Å². The summed E-state index contributed by atoms with van der Waals surface area (Å²) >= 11 is 0. The SMILES string of the molecule is COc1ccc(CNC(=O)c2cccc(-c3cnc(N)c4nc(C5CCNC5)cn34)c2)cc1. The van der Waals surface area contributed by atoms with Crippen LogP contribution in [0.4, 0.5) is 5.82 Å². The fraction of sp³-hybridized carbons (Fsp3) is 0.240. The van der Waals surface area contributed by atoms with Crippen molar-refractivity contribution in [2.45, 2.75) is 18.9 Å². The van der Waals surface area contributed by atoms with Crippen LogP contribution in [0.1, 0.15) is 34.0 Å². The Labute approximate surface area is 191 Å². The fourth-order valence-corrected chi connectivity index (χ4v) is 4.18. The molecule has 0 radical (unpaired) electrons. The first-order valence-electron chi connectivity index (χ1n) is 11.0. The Hall–Kier alpha value is -3.91. The highest BCUT2D eigenvalue weighted by atomic mass is 16.5. The molecule has 0 bridgehead atoms. The predicted molar refractivity (Wildman–Crippen MR) is 127 cm³/mol. The van der Waals surface area contributed by atoms with Crippen LogP contribution in [0.3, 0.4) is 0 Å². The van der Waals surface area contributed by atoms with E-state index in [-0.39, 0.29) is 5.91 Å². The third kappa shape index (κ3) is 4.25. The van der Waals surface area contributed by atoms with Gasteiger partial charge in [0.1, 0.15) is 5.75 Å². The number of amides is 1. The Bertz CT molecular complexity index is 1290. The number of nitrogens with zero attached hydrogens (tertiary/aromatic N) is 3. The minimum Gasteiger partial charge on any atom is -0.497 e. The first-order chi connectivity index (χ1) is 16.1. The second kappa shape index (κ2) is 8.91. The van der Waals surface area contributed by atoms with E-state index in [1.165, 1.54) is 0 Å². The quantitative estimate of drug-likeness (QED) is 0.424. The first-order valence-corrected chi connectivity index (χ1v) is 11.0. The van der Waals surface area contributed by atoms with Gasteiger partial charge in [-0.15, -0.1) is 0 Å². The number of nitrogens with one attached hydrogen (secondary N) is 2. The number of benzene rings is 2. The highest BCUT2D eigenvalue weighted by Gasteiger charge is 2.21. The lowest BCUT2D eigenvalue weighted by atomic mass is 10.1. The van der Waals surface area contributed by atoms with Gasteiger partial charge in [-0.05, 0) is 42.8 Å². The van der Waals surface area contributed by atoms with Crippen LogP contribution in [0.25, 0.3) is 16.9 Å². The molecule has 0 aliphatic carbocycles. The number of nitrogens with two attached hydrogens (primary N) is 1. The molecule has 5 rings (SSSR count). The maximum Gasteiger partial charge on any atom is 0.251 e. The van der Waals surface area contributed by atoms with E-state index in [4.69, 9.17) is 15.5 Å². The van der Waals surface area contributed by atoms with Crippen molar-refractivity contribution in [2.75, 3.05) is 25.9 Å². The maximum atomic E-state index is 12.8. The molecule has 0 spiro atoms. The molecule has 3 heterocycles. The Kier molecular flexibility index (Phi) is 5.66. The highest BCUT2D eigenvalue weighted by Crippen LogP contribution is 2.28. The zero-order valence-electron chi connectivity index (χ0n) is 18.4. The summed E-state index contributed by atoms with van der Waals surface area (Å²) in [6.45, 7) is 2.34. The van der Waals surface area contributed by atoms with Gasteiger partial charge < -0.3 is 21.1 Å². The van der Waals surface area contributed by atoms with E-state index in [9.17, 15) is 4.79 Å². The predicted octanol–water partition coefficient (Wildman–Crippen LogP) is 2.99. The van der Waals surface area contributed by atoms with Gasteiger partial charge in [0.05, 0.1) is 24.7 Å². The minimum atomic E-state index is -0.143. The van der Waals surface area contributed by atoms with Gasteiger partial charge in [-0.3, -0.25) is 9.20 Å². The van der Waals surface area contributed by atoms with Crippen LogP contribution < -0.4 is 21.1 Å². The molecule has 8 heteroatoms. The van der Waals surface area contributed by atoms with Crippen LogP contribution in [0.2, 0.25) is 0 Å². The van der Waals surface area contributed by atoms with Crippen molar-refractivity contribution in [1.82, 2.24) is 25.0 Å². The van der Waals surface area contributed by atoms with Crippen LogP contribution in [0.15, 0.2) is 60.9 Å². The largest absolute Gasteiger partial charge is 0.497 e. The van der Waals surface area contributed by atoms with E-state index in [1.54, 1.807) is 19.4 Å². The Balaban J connectivity index is 1.40. The Morgan fingerprint density at radius 1 is 1.27 bits per heavy atom. The van der Waals surface area contributed by atoms with Crippen molar-refractivity contribution in [3.8, 4) is 17.0 Å². The number of hydrogen-bond acceptors (Lipinski definition) is 6. The Morgan fingerprint density at radius 3 is 2.88 bits per heavy atom.